The Morgan fingerprint density at radius 1 is 1.17 bits per heavy atom. The molecule has 0 atom stereocenters. The van der Waals surface area contributed by atoms with Gasteiger partial charge in [-0.1, -0.05) is 34.6 Å². The van der Waals surface area contributed by atoms with Crippen molar-refractivity contribution < 1.29 is 4.52 Å². The summed E-state index contributed by atoms with van der Waals surface area (Å²) >= 11 is 3.20. The monoisotopic (exact) mass is 423 g/mol. The molecule has 1 aromatic carbocycles. The Morgan fingerprint density at radius 3 is 2.72 bits per heavy atom. The quantitative estimate of drug-likeness (QED) is 0.332. The first-order valence-corrected chi connectivity index (χ1v) is 11.6. The Labute approximate surface area is 176 Å². The van der Waals surface area contributed by atoms with Crippen LogP contribution in [-0.2, 0) is 18.6 Å². The van der Waals surface area contributed by atoms with Gasteiger partial charge in [-0.25, -0.2) is 4.98 Å². The summed E-state index contributed by atoms with van der Waals surface area (Å²) < 4.78 is 7.11. The van der Waals surface area contributed by atoms with Crippen LogP contribution in [0, 0.1) is 13.8 Å². The van der Waals surface area contributed by atoms with E-state index >= 15 is 0 Å². The zero-order valence-electron chi connectivity index (χ0n) is 16.4. The Hall–Kier alpha value is -2.38. The molecule has 0 saturated carbocycles. The minimum Gasteiger partial charge on any atom is -0.360 e. The smallest absolute Gasteiger partial charge is 0.267 e. The molecule has 0 aliphatic heterocycles. The average Bonchev–Trinajstić information content (AvgIpc) is 3.30. The maximum atomic E-state index is 13.7. The number of rotatable bonds is 4. The number of aryl methyl sites for hydroxylation is 4. The van der Waals surface area contributed by atoms with Gasteiger partial charge in [0.15, 0.2) is 5.16 Å². The van der Waals surface area contributed by atoms with Crippen molar-refractivity contribution in [2.24, 2.45) is 0 Å². The lowest BCUT2D eigenvalue weighted by atomic mass is 9.97. The van der Waals surface area contributed by atoms with Gasteiger partial charge in [0.1, 0.15) is 10.6 Å². The fourth-order valence-electron chi connectivity index (χ4n) is 3.82. The van der Waals surface area contributed by atoms with Crippen LogP contribution in [0.4, 0.5) is 0 Å². The normalized spacial score (nSPS) is 13.7. The first kappa shape index (κ1) is 18.6. The van der Waals surface area contributed by atoms with Gasteiger partial charge in [0.2, 0.25) is 0 Å². The molecule has 0 bridgehead atoms. The van der Waals surface area contributed by atoms with Crippen LogP contribution in [0.15, 0.2) is 44.8 Å². The third kappa shape index (κ3) is 3.42. The molecule has 0 N–H and O–H groups in total. The van der Waals surface area contributed by atoms with Crippen LogP contribution in [0.25, 0.3) is 15.9 Å². The first-order chi connectivity index (χ1) is 14.1. The van der Waals surface area contributed by atoms with Crippen molar-refractivity contribution in [2.45, 2.75) is 50.4 Å². The van der Waals surface area contributed by atoms with Crippen molar-refractivity contribution in [3.8, 4) is 5.69 Å². The van der Waals surface area contributed by atoms with Crippen molar-refractivity contribution in [3.05, 3.63) is 68.1 Å². The minimum atomic E-state index is 0.0366. The lowest BCUT2D eigenvalue weighted by molar-refractivity contribution is 0.391. The van der Waals surface area contributed by atoms with E-state index < -0.39 is 0 Å². The van der Waals surface area contributed by atoms with Crippen LogP contribution in [0.3, 0.4) is 0 Å². The van der Waals surface area contributed by atoms with Gasteiger partial charge in [-0.15, -0.1) is 11.3 Å². The molecular weight excluding hydrogens is 402 g/mol. The van der Waals surface area contributed by atoms with Crippen molar-refractivity contribution in [1.82, 2.24) is 14.7 Å². The highest BCUT2D eigenvalue weighted by Crippen LogP contribution is 2.35. The fourth-order valence-corrected chi connectivity index (χ4v) is 6.01. The molecule has 1 aliphatic rings. The summed E-state index contributed by atoms with van der Waals surface area (Å²) in [7, 11) is 0. The van der Waals surface area contributed by atoms with Gasteiger partial charge in [-0.2, -0.15) is 0 Å². The van der Waals surface area contributed by atoms with Crippen LogP contribution in [0.1, 0.15) is 40.3 Å². The molecule has 4 aromatic rings. The summed E-state index contributed by atoms with van der Waals surface area (Å²) in [5.41, 5.74) is 4.12. The predicted octanol–water partition coefficient (Wildman–Crippen LogP) is 5.22. The summed E-state index contributed by atoms with van der Waals surface area (Å²) in [4.78, 5) is 20.8. The molecule has 29 heavy (non-hydrogen) atoms. The SMILES string of the molecule is Cc1ccc(-n2c(SCc3cc(C)no3)nc3sc4c(c3c2=O)CCCC4)cc1. The highest BCUT2D eigenvalue weighted by Gasteiger charge is 2.23. The Morgan fingerprint density at radius 2 is 1.97 bits per heavy atom. The topological polar surface area (TPSA) is 60.9 Å². The lowest BCUT2D eigenvalue weighted by Crippen LogP contribution is -2.22. The molecule has 0 radical (unpaired) electrons. The van der Waals surface area contributed by atoms with Gasteiger partial charge < -0.3 is 4.52 Å². The molecular formula is C22H21N3O2S2. The summed E-state index contributed by atoms with van der Waals surface area (Å²) in [6.07, 6.45) is 4.37. The van der Waals surface area contributed by atoms with Crippen molar-refractivity contribution in [3.63, 3.8) is 0 Å². The van der Waals surface area contributed by atoms with E-state index in [2.05, 4.69) is 5.16 Å². The number of fused-ring (bicyclic) bond motifs is 3. The Balaban J connectivity index is 1.67. The van der Waals surface area contributed by atoms with Crippen LogP contribution >= 0.6 is 23.1 Å². The van der Waals surface area contributed by atoms with Crippen molar-refractivity contribution in [2.75, 3.05) is 0 Å². The van der Waals surface area contributed by atoms with Gasteiger partial charge in [0.05, 0.1) is 22.5 Å². The van der Waals surface area contributed by atoms with Crippen LogP contribution in [-0.4, -0.2) is 14.7 Å². The zero-order chi connectivity index (χ0) is 20.0. The van der Waals surface area contributed by atoms with Crippen molar-refractivity contribution in [1.29, 1.82) is 0 Å². The highest BCUT2D eigenvalue weighted by molar-refractivity contribution is 7.98. The van der Waals surface area contributed by atoms with E-state index in [0.717, 1.165) is 52.2 Å². The third-order valence-electron chi connectivity index (χ3n) is 5.27. The number of hydrogen-bond donors (Lipinski definition) is 0. The maximum absolute atomic E-state index is 13.7. The number of benzene rings is 1. The molecule has 0 amide bonds. The number of aromatic nitrogens is 3. The lowest BCUT2D eigenvalue weighted by Gasteiger charge is -2.13. The number of hydrogen-bond acceptors (Lipinski definition) is 6. The summed E-state index contributed by atoms with van der Waals surface area (Å²) in [5, 5.41) is 5.46. The third-order valence-corrected chi connectivity index (χ3v) is 7.42. The summed E-state index contributed by atoms with van der Waals surface area (Å²) in [6, 6.07) is 9.97. The maximum Gasteiger partial charge on any atom is 0.267 e. The van der Waals surface area contributed by atoms with Gasteiger partial charge >= 0.3 is 0 Å². The predicted molar refractivity (Wildman–Crippen MR) is 117 cm³/mol. The molecule has 0 fully saturated rings. The van der Waals surface area contributed by atoms with Gasteiger partial charge in [0.25, 0.3) is 5.56 Å². The number of thioether (sulfide) groups is 1. The standard InChI is InChI=1S/C22H21N3O2S2/c1-13-7-9-15(10-8-13)25-21(26)19-17-5-3-4-6-18(17)29-20(19)23-22(25)28-12-16-11-14(2)24-27-16/h7-11H,3-6,12H2,1-2H3. The fraction of sp³-hybridized carbons (Fsp3) is 0.318. The van der Waals surface area contributed by atoms with E-state index in [9.17, 15) is 4.79 Å². The summed E-state index contributed by atoms with van der Waals surface area (Å²) in [5.74, 6) is 1.36. The molecule has 5 nitrogen and oxygen atoms in total. The molecule has 1 aliphatic carbocycles. The molecule has 5 rings (SSSR count). The molecule has 0 spiro atoms. The molecule has 3 aromatic heterocycles. The number of nitrogens with zero attached hydrogens (tertiary/aromatic N) is 3. The Bertz CT molecular complexity index is 1250. The van der Waals surface area contributed by atoms with E-state index in [1.165, 1.54) is 28.6 Å². The Kier molecular flexibility index (Phi) is 4.80. The first-order valence-electron chi connectivity index (χ1n) is 9.79. The second kappa shape index (κ2) is 7.46. The summed E-state index contributed by atoms with van der Waals surface area (Å²) in [6.45, 7) is 3.95. The van der Waals surface area contributed by atoms with Gasteiger partial charge in [-0.3, -0.25) is 9.36 Å². The highest BCUT2D eigenvalue weighted by atomic mass is 32.2. The van der Waals surface area contributed by atoms with Gasteiger partial charge in [0, 0.05) is 10.9 Å². The van der Waals surface area contributed by atoms with Crippen LogP contribution < -0.4 is 5.56 Å². The zero-order valence-corrected chi connectivity index (χ0v) is 18.0. The molecule has 3 heterocycles. The van der Waals surface area contributed by atoms with Gasteiger partial charge in [-0.05, 0) is 57.2 Å². The van der Waals surface area contributed by atoms with Crippen LogP contribution in [0.2, 0.25) is 0 Å². The molecule has 0 saturated heterocycles. The minimum absolute atomic E-state index is 0.0366. The molecule has 7 heteroatoms. The second-order valence-electron chi connectivity index (χ2n) is 7.48. The molecule has 148 valence electrons. The van der Waals surface area contributed by atoms with Crippen LogP contribution in [0.5, 0.6) is 0 Å². The number of thiophene rings is 1. The largest absolute Gasteiger partial charge is 0.360 e. The van der Waals surface area contributed by atoms with E-state index in [0.29, 0.717) is 10.9 Å². The van der Waals surface area contributed by atoms with E-state index in [-0.39, 0.29) is 5.56 Å². The van der Waals surface area contributed by atoms with E-state index in [1.54, 1.807) is 15.9 Å². The van der Waals surface area contributed by atoms with E-state index in [1.807, 2.05) is 44.2 Å². The van der Waals surface area contributed by atoms with Crippen molar-refractivity contribution >= 4 is 33.3 Å². The average molecular weight is 424 g/mol. The second-order valence-corrected chi connectivity index (χ2v) is 9.51. The van der Waals surface area contributed by atoms with E-state index in [4.69, 9.17) is 9.51 Å². The molecule has 0 unspecified atom stereocenters.